The number of para-hydroxylation sites is 2. The molecule has 1 aliphatic carbocycles. The van der Waals surface area contributed by atoms with Crippen molar-refractivity contribution >= 4 is 16.9 Å². The van der Waals surface area contributed by atoms with Crippen LogP contribution >= 0.6 is 0 Å². The molecule has 1 saturated carbocycles. The van der Waals surface area contributed by atoms with E-state index in [1.54, 1.807) is 11.7 Å². The Morgan fingerprint density at radius 3 is 2.63 bits per heavy atom. The normalized spacial score (nSPS) is 13.5. The molecule has 1 aromatic heterocycles. The highest BCUT2D eigenvalue weighted by Crippen LogP contribution is 2.20. The van der Waals surface area contributed by atoms with Crippen molar-refractivity contribution in [3.63, 3.8) is 0 Å². The molecule has 3 aromatic rings. The van der Waals surface area contributed by atoms with Crippen LogP contribution in [0.5, 0.6) is 5.75 Å². The van der Waals surface area contributed by atoms with Gasteiger partial charge in [0.05, 0.1) is 18.1 Å². The third-order valence-electron chi connectivity index (χ3n) is 4.69. The minimum absolute atomic E-state index is 0.0251. The lowest BCUT2D eigenvalue weighted by Gasteiger charge is -2.13. The number of benzene rings is 2. The fourth-order valence-corrected chi connectivity index (χ4v) is 3.09. The quantitative estimate of drug-likeness (QED) is 0.731. The van der Waals surface area contributed by atoms with Crippen LogP contribution in [0.3, 0.4) is 0 Å². The average Bonchev–Trinajstić information content (AvgIpc) is 3.50. The zero-order valence-corrected chi connectivity index (χ0v) is 15.1. The van der Waals surface area contributed by atoms with Gasteiger partial charge >= 0.3 is 0 Å². The van der Waals surface area contributed by atoms with E-state index in [9.17, 15) is 9.59 Å². The molecule has 6 heteroatoms. The maximum absolute atomic E-state index is 13.1. The van der Waals surface area contributed by atoms with Crippen molar-refractivity contribution in [2.45, 2.75) is 31.7 Å². The molecular formula is C21H21N3O3. The van der Waals surface area contributed by atoms with Crippen LogP contribution in [0.15, 0.2) is 53.3 Å². The summed E-state index contributed by atoms with van der Waals surface area (Å²) >= 11 is 0. The molecule has 0 unspecified atom stereocenters. The molecule has 1 N–H and O–H groups in total. The topological polar surface area (TPSA) is 73.2 Å². The third-order valence-corrected chi connectivity index (χ3v) is 4.69. The van der Waals surface area contributed by atoms with E-state index in [1.807, 2.05) is 48.5 Å². The van der Waals surface area contributed by atoms with Crippen LogP contribution in [0.2, 0.25) is 0 Å². The molecule has 0 spiro atoms. The number of aryl methyl sites for hydroxylation is 1. The molecule has 0 saturated heterocycles. The molecule has 0 aliphatic heterocycles. The van der Waals surface area contributed by atoms with Gasteiger partial charge in [0, 0.05) is 24.6 Å². The van der Waals surface area contributed by atoms with Gasteiger partial charge in [-0.25, -0.2) is 4.98 Å². The van der Waals surface area contributed by atoms with Gasteiger partial charge in [-0.15, -0.1) is 0 Å². The molecule has 1 fully saturated rings. The molecule has 1 aliphatic rings. The van der Waals surface area contributed by atoms with Gasteiger partial charge in [-0.05, 0) is 49.2 Å². The predicted molar refractivity (Wildman–Crippen MR) is 103 cm³/mol. The molecule has 1 amide bonds. The number of carbonyl (C=O) groups excluding carboxylic acids is 1. The van der Waals surface area contributed by atoms with Crippen molar-refractivity contribution < 1.29 is 9.53 Å². The third kappa shape index (κ3) is 3.69. The summed E-state index contributed by atoms with van der Waals surface area (Å²) in [7, 11) is 1.60. The van der Waals surface area contributed by atoms with Crippen molar-refractivity contribution in [1.29, 1.82) is 0 Å². The summed E-state index contributed by atoms with van der Waals surface area (Å²) in [5, 5.41) is 2.95. The van der Waals surface area contributed by atoms with E-state index < -0.39 is 0 Å². The van der Waals surface area contributed by atoms with E-state index in [0.717, 1.165) is 35.3 Å². The Bertz CT molecular complexity index is 1040. The lowest BCUT2D eigenvalue weighted by Crippen LogP contribution is -2.28. The summed E-state index contributed by atoms with van der Waals surface area (Å²) in [5.74, 6) is 0.699. The van der Waals surface area contributed by atoms with Crippen LogP contribution in [0, 0.1) is 0 Å². The van der Waals surface area contributed by atoms with Gasteiger partial charge < -0.3 is 10.1 Å². The molecule has 138 valence electrons. The van der Waals surface area contributed by atoms with E-state index in [0.29, 0.717) is 18.2 Å². The van der Waals surface area contributed by atoms with Crippen molar-refractivity contribution in [2.75, 3.05) is 7.11 Å². The Morgan fingerprint density at radius 1 is 1.19 bits per heavy atom. The predicted octanol–water partition coefficient (Wildman–Crippen LogP) is 2.61. The molecule has 1 heterocycles. The largest absolute Gasteiger partial charge is 0.497 e. The van der Waals surface area contributed by atoms with Crippen LogP contribution in [-0.4, -0.2) is 28.6 Å². The second kappa shape index (κ2) is 7.23. The van der Waals surface area contributed by atoms with Crippen LogP contribution < -0.4 is 15.6 Å². The van der Waals surface area contributed by atoms with Gasteiger partial charge in [0.15, 0.2) is 0 Å². The fraction of sp³-hybridized carbons (Fsp3) is 0.286. The number of rotatable bonds is 6. The van der Waals surface area contributed by atoms with Gasteiger partial charge in [-0.2, -0.15) is 0 Å². The van der Waals surface area contributed by atoms with E-state index in [4.69, 9.17) is 4.74 Å². The lowest BCUT2D eigenvalue weighted by atomic mass is 10.2. The highest BCUT2D eigenvalue weighted by atomic mass is 16.5. The lowest BCUT2D eigenvalue weighted by molar-refractivity contribution is -0.121. The molecular weight excluding hydrogens is 342 g/mol. The fourth-order valence-electron chi connectivity index (χ4n) is 3.09. The smallest absolute Gasteiger partial charge is 0.277 e. The van der Waals surface area contributed by atoms with E-state index in [-0.39, 0.29) is 17.9 Å². The number of carbonyl (C=O) groups is 1. The maximum Gasteiger partial charge on any atom is 0.277 e. The van der Waals surface area contributed by atoms with Gasteiger partial charge in [0.2, 0.25) is 5.91 Å². The Balaban J connectivity index is 1.72. The van der Waals surface area contributed by atoms with E-state index >= 15 is 0 Å². The van der Waals surface area contributed by atoms with Crippen molar-refractivity contribution in [3.05, 3.63) is 64.6 Å². The number of nitrogens with zero attached hydrogens (tertiary/aromatic N) is 2. The summed E-state index contributed by atoms with van der Waals surface area (Å²) < 4.78 is 6.85. The summed E-state index contributed by atoms with van der Waals surface area (Å²) in [6, 6.07) is 15.2. The molecule has 0 atom stereocenters. The van der Waals surface area contributed by atoms with Crippen LogP contribution in [0.25, 0.3) is 16.7 Å². The average molecular weight is 363 g/mol. The second-order valence-electron chi connectivity index (χ2n) is 6.73. The van der Waals surface area contributed by atoms with Crippen LogP contribution in [0.4, 0.5) is 0 Å². The SMILES string of the molecule is COc1ccc(-n2c(=O)c(CCC(=O)NC3CC3)nc3ccccc32)cc1. The molecule has 27 heavy (non-hydrogen) atoms. The van der Waals surface area contributed by atoms with Crippen molar-refractivity contribution in [2.24, 2.45) is 0 Å². The summed E-state index contributed by atoms with van der Waals surface area (Å²) in [6.07, 6.45) is 2.67. The summed E-state index contributed by atoms with van der Waals surface area (Å²) in [6.45, 7) is 0. The molecule has 2 aromatic carbocycles. The van der Waals surface area contributed by atoms with Gasteiger partial charge in [0.25, 0.3) is 5.56 Å². The first-order valence-electron chi connectivity index (χ1n) is 9.10. The van der Waals surface area contributed by atoms with Gasteiger partial charge in [-0.1, -0.05) is 12.1 Å². The first-order chi connectivity index (χ1) is 13.2. The number of ether oxygens (including phenoxy) is 1. The summed E-state index contributed by atoms with van der Waals surface area (Å²) in [5.41, 5.74) is 2.40. The molecule has 4 rings (SSSR count). The van der Waals surface area contributed by atoms with Crippen LogP contribution in [-0.2, 0) is 11.2 Å². The Hall–Kier alpha value is -3.15. The van der Waals surface area contributed by atoms with E-state index in [2.05, 4.69) is 10.3 Å². The Kier molecular flexibility index (Phi) is 4.62. The number of hydrogen-bond acceptors (Lipinski definition) is 4. The molecule has 6 nitrogen and oxygen atoms in total. The number of nitrogens with one attached hydrogen (secondary N) is 1. The Labute approximate surface area is 156 Å². The minimum Gasteiger partial charge on any atom is -0.497 e. The zero-order chi connectivity index (χ0) is 18.8. The second-order valence-corrected chi connectivity index (χ2v) is 6.73. The zero-order valence-electron chi connectivity index (χ0n) is 15.1. The van der Waals surface area contributed by atoms with Crippen molar-refractivity contribution in [1.82, 2.24) is 14.9 Å². The maximum atomic E-state index is 13.1. The highest BCUT2D eigenvalue weighted by Gasteiger charge is 2.23. The number of amides is 1. The molecule has 0 bridgehead atoms. The monoisotopic (exact) mass is 363 g/mol. The van der Waals surface area contributed by atoms with Gasteiger partial charge in [-0.3, -0.25) is 14.2 Å². The number of aromatic nitrogens is 2. The summed E-state index contributed by atoms with van der Waals surface area (Å²) in [4.78, 5) is 29.7. The number of fused-ring (bicyclic) bond motifs is 1. The van der Waals surface area contributed by atoms with Gasteiger partial charge in [0.1, 0.15) is 11.4 Å². The first-order valence-corrected chi connectivity index (χ1v) is 9.10. The van der Waals surface area contributed by atoms with Crippen LogP contribution in [0.1, 0.15) is 25.0 Å². The Morgan fingerprint density at radius 2 is 1.93 bits per heavy atom. The standard InChI is InChI=1S/C21H21N3O3/c1-27-16-10-8-15(9-11-16)24-19-5-3-2-4-17(19)23-18(21(24)26)12-13-20(25)22-14-6-7-14/h2-5,8-11,14H,6-7,12-13H2,1H3,(H,22,25). The highest BCUT2D eigenvalue weighted by molar-refractivity contribution is 5.78. The first kappa shape index (κ1) is 17.3. The molecule has 0 radical (unpaired) electrons. The number of methoxy groups -OCH3 is 1. The van der Waals surface area contributed by atoms with Crippen molar-refractivity contribution in [3.8, 4) is 11.4 Å². The van der Waals surface area contributed by atoms with E-state index in [1.165, 1.54) is 0 Å². The number of hydrogen-bond donors (Lipinski definition) is 1. The minimum atomic E-state index is -0.196.